The van der Waals surface area contributed by atoms with E-state index in [1.807, 2.05) is 7.05 Å². The Hall–Kier alpha value is -3.81. The molecule has 1 fully saturated rings. The van der Waals surface area contributed by atoms with Crippen LogP contribution in [0.15, 0.2) is 30.3 Å². The fourth-order valence-corrected chi connectivity index (χ4v) is 5.02. The van der Waals surface area contributed by atoms with Crippen molar-refractivity contribution in [2.75, 3.05) is 20.1 Å². The largest absolute Gasteiger partial charge is 0.336 e. The quantitative estimate of drug-likeness (QED) is 0.380. The lowest BCUT2D eigenvalue weighted by Gasteiger charge is -2.32. The average molecular weight is 524 g/mol. The van der Waals surface area contributed by atoms with Crippen LogP contribution >= 0.6 is 11.6 Å². The second-order valence-corrected chi connectivity index (χ2v) is 9.46. The number of hydrogen-bond acceptors (Lipinski definition) is 4. The Kier molecular flexibility index (Phi) is 6.43. The topological polar surface area (TPSA) is 72.3 Å². The van der Waals surface area contributed by atoms with Gasteiger partial charge in [-0.1, -0.05) is 23.7 Å². The van der Waals surface area contributed by atoms with Crippen molar-refractivity contribution in [2.45, 2.75) is 25.8 Å². The molecule has 37 heavy (non-hydrogen) atoms. The molecule has 0 spiro atoms. The summed E-state index contributed by atoms with van der Waals surface area (Å²) in [5.74, 6) is -1.31. The van der Waals surface area contributed by atoms with Crippen LogP contribution in [0.1, 0.15) is 29.0 Å². The molecule has 8 nitrogen and oxygen atoms in total. The van der Waals surface area contributed by atoms with Crippen molar-refractivity contribution in [3.63, 3.8) is 0 Å². The number of piperidine rings is 1. The summed E-state index contributed by atoms with van der Waals surface area (Å²) in [5.41, 5.74) is 1.36. The number of nitrogens with zero attached hydrogens (tertiary/aromatic N) is 6. The molecule has 0 saturated carbocycles. The van der Waals surface area contributed by atoms with Gasteiger partial charge in [-0.3, -0.25) is 14.0 Å². The van der Waals surface area contributed by atoms with Crippen LogP contribution in [0.3, 0.4) is 0 Å². The number of rotatable bonds is 4. The Morgan fingerprint density at radius 3 is 2.73 bits per heavy atom. The zero-order valence-electron chi connectivity index (χ0n) is 20.5. The van der Waals surface area contributed by atoms with Gasteiger partial charge in [0, 0.05) is 43.2 Å². The molecule has 1 saturated heterocycles. The number of likely N-dealkylation sites (N-methyl/N-ethyl adjacent to an activating group) is 1. The number of aromatic nitrogens is 4. The molecule has 0 bridgehead atoms. The van der Waals surface area contributed by atoms with E-state index in [9.17, 15) is 9.18 Å². The normalized spacial score (nSPS) is 15.8. The number of imidazole rings is 1. The number of halogens is 3. The van der Waals surface area contributed by atoms with Gasteiger partial charge in [0.25, 0.3) is 5.91 Å². The minimum Gasteiger partial charge on any atom is -0.336 e. The number of fused-ring (bicyclic) bond motifs is 1. The summed E-state index contributed by atoms with van der Waals surface area (Å²) in [6.45, 7) is 10.0. The SMILES string of the molecule is [C-]#[N+]c1ccc(-c2nc(C(=O)N3CCC[C@H](NC)C3)c(C)n2-c2cc(F)c3nn(C)c(Cl)c3c2)cc1F. The third kappa shape index (κ3) is 4.24. The molecule has 3 heterocycles. The second kappa shape index (κ2) is 9.57. The zero-order valence-corrected chi connectivity index (χ0v) is 21.3. The average Bonchev–Trinajstić information content (AvgIpc) is 3.39. The predicted molar refractivity (Wildman–Crippen MR) is 137 cm³/mol. The van der Waals surface area contributed by atoms with Crippen molar-refractivity contribution in [1.82, 2.24) is 29.5 Å². The van der Waals surface area contributed by atoms with E-state index in [0.717, 1.165) is 12.8 Å². The Morgan fingerprint density at radius 2 is 2.03 bits per heavy atom. The second-order valence-electron chi connectivity index (χ2n) is 9.10. The first kappa shape index (κ1) is 24.9. The summed E-state index contributed by atoms with van der Waals surface area (Å²) in [6, 6.07) is 7.26. The lowest BCUT2D eigenvalue weighted by Crippen LogP contribution is -2.47. The smallest absolute Gasteiger partial charge is 0.274 e. The molecule has 1 atom stereocenters. The highest BCUT2D eigenvalue weighted by Gasteiger charge is 2.29. The van der Waals surface area contributed by atoms with Crippen molar-refractivity contribution >= 4 is 34.1 Å². The molecular formula is C26H24ClF2N7O. The van der Waals surface area contributed by atoms with Crippen LogP contribution in [0.5, 0.6) is 0 Å². The number of carbonyl (C=O) groups excluding carboxylic acids is 1. The monoisotopic (exact) mass is 523 g/mol. The molecular weight excluding hydrogens is 500 g/mol. The lowest BCUT2D eigenvalue weighted by molar-refractivity contribution is 0.0692. The van der Waals surface area contributed by atoms with E-state index in [2.05, 4.69) is 20.2 Å². The number of amides is 1. The van der Waals surface area contributed by atoms with Crippen molar-refractivity contribution in [2.24, 2.45) is 7.05 Å². The van der Waals surface area contributed by atoms with Crippen LogP contribution in [-0.2, 0) is 7.05 Å². The highest BCUT2D eigenvalue weighted by molar-refractivity contribution is 6.34. The number of likely N-dealkylation sites (tertiary alicyclic amines) is 1. The highest BCUT2D eigenvalue weighted by atomic mass is 35.5. The Morgan fingerprint density at radius 1 is 1.24 bits per heavy atom. The number of benzene rings is 2. The summed E-state index contributed by atoms with van der Waals surface area (Å²) in [6.07, 6.45) is 1.82. The fourth-order valence-electron chi connectivity index (χ4n) is 4.84. The number of hydrogen-bond donors (Lipinski definition) is 1. The molecule has 1 N–H and O–H groups in total. The third-order valence-electron chi connectivity index (χ3n) is 6.82. The van der Waals surface area contributed by atoms with Gasteiger partial charge < -0.3 is 10.2 Å². The fraction of sp³-hybridized carbons (Fsp3) is 0.308. The molecule has 0 unspecified atom stereocenters. The summed E-state index contributed by atoms with van der Waals surface area (Å²) in [5, 5.41) is 8.01. The molecule has 4 aromatic rings. The van der Waals surface area contributed by atoms with Crippen molar-refractivity contribution < 1.29 is 13.6 Å². The van der Waals surface area contributed by atoms with Gasteiger partial charge >= 0.3 is 0 Å². The molecule has 11 heteroatoms. The standard InChI is InChI=1S/C26H24ClF2N7O/c1-14-22(26(37)35-9-5-6-16(13-35)30-2)32-25(15-7-8-21(31-3)19(28)10-15)36(14)17-11-18-23(20(29)12-17)33-34(4)24(18)27/h7-8,10-12,16,30H,5-6,9,13H2,1-2,4H3/t16-/m0/s1. The number of carbonyl (C=O) groups is 1. The number of aryl methyl sites for hydroxylation is 1. The predicted octanol–water partition coefficient (Wildman–Crippen LogP) is 5.04. The Bertz CT molecular complexity index is 1590. The molecule has 1 aliphatic heterocycles. The minimum absolute atomic E-state index is 0.116. The van der Waals surface area contributed by atoms with E-state index in [-0.39, 0.29) is 39.8 Å². The first-order chi connectivity index (χ1) is 17.7. The number of nitrogens with one attached hydrogen (secondary N) is 1. The third-order valence-corrected chi connectivity index (χ3v) is 7.26. The van der Waals surface area contributed by atoms with E-state index in [1.54, 1.807) is 35.6 Å². The summed E-state index contributed by atoms with van der Waals surface area (Å²) < 4.78 is 32.8. The Balaban J connectivity index is 1.71. The molecule has 5 rings (SSSR count). The molecule has 1 amide bonds. The molecule has 2 aromatic carbocycles. The van der Waals surface area contributed by atoms with E-state index in [0.29, 0.717) is 35.4 Å². The molecule has 190 valence electrons. The van der Waals surface area contributed by atoms with E-state index >= 15 is 4.39 Å². The van der Waals surface area contributed by atoms with Gasteiger partial charge in [-0.25, -0.2) is 18.6 Å². The van der Waals surface area contributed by atoms with Gasteiger partial charge in [0.1, 0.15) is 28.0 Å². The van der Waals surface area contributed by atoms with Crippen LogP contribution in [0, 0.1) is 25.1 Å². The van der Waals surface area contributed by atoms with Gasteiger partial charge in [-0.2, -0.15) is 5.10 Å². The first-order valence-corrected chi connectivity index (χ1v) is 12.2. The maximum Gasteiger partial charge on any atom is 0.274 e. The summed E-state index contributed by atoms with van der Waals surface area (Å²) >= 11 is 6.37. The maximum absolute atomic E-state index is 15.1. The van der Waals surface area contributed by atoms with Crippen LogP contribution < -0.4 is 5.32 Å². The van der Waals surface area contributed by atoms with Gasteiger partial charge in [-0.15, -0.1) is 0 Å². The minimum atomic E-state index is -0.711. The summed E-state index contributed by atoms with van der Waals surface area (Å²) in [7, 11) is 3.48. The van der Waals surface area contributed by atoms with Crippen molar-refractivity contribution in [3.8, 4) is 17.1 Å². The van der Waals surface area contributed by atoms with Crippen LogP contribution in [-0.4, -0.2) is 56.3 Å². The molecule has 0 radical (unpaired) electrons. The van der Waals surface area contributed by atoms with Crippen molar-refractivity contribution in [1.29, 1.82) is 0 Å². The van der Waals surface area contributed by atoms with Crippen molar-refractivity contribution in [3.05, 3.63) is 69.9 Å². The molecule has 1 aliphatic rings. The van der Waals surface area contributed by atoms with Crippen LogP contribution in [0.4, 0.5) is 14.5 Å². The molecule has 2 aromatic heterocycles. The van der Waals surface area contributed by atoms with Crippen LogP contribution in [0.2, 0.25) is 5.15 Å². The van der Waals surface area contributed by atoms with E-state index in [1.165, 1.54) is 22.9 Å². The van der Waals surface area contributed by atoms with Gasteiger partial charge in [0.15, 0.2) is 5.82 Å². The van der Waals surface area contributed by atoms with E-state index < -0.39 is 11.6 Å². The molecule has 0 aliphatic carbocycles. The van der Waals surface area contributed by atoms with Gasteiger partial charge in [0.2, 0.25) is 5.69 Å². The van der Waals surface area contributed by atoms with E-state index in [4.69, 9.17) is 18.2 Å². The van der Waals surface area contributed by atoms with Gasteiger partial charge in [-0.05, 0) is 38.9 Å². The zero-order chi connectivity index (χ0) is 26.4. The maximum atomic E-state index is 15.1. The van der Waals surface area contributed by atoms with Gasteiger partial charge in [0.05, 0.1) is 18.0 Å². The van der Waals surface area contributed by atoms with Crippen LogP contribution in [0.25, 0.3) is 32.8 Å². The first-order valence-electron chi connectivity index (χ1n) is 11.8. The highest BCUT2D eigenvalue weighted by Crippen LogP contribution is 2.34. The Labute approximate surface area is 217 Å². The summed E-state index contributed by atoms with van der Waals surface area (Å²) in [4.78, 5) is 23.2. The lowest BCUT2D eigenvalue weighted by atomic mass is 10.1.